The summed E-state index contributed by atoms with van der Waals surface area (Å²) in [6.45, 7) is 6.10. The number of benzene rings is 3. The molecular weight excluding hydrogens is 421 g/mol. The summed E-state index contributed by atoms with van der Waals surface area (Å²) in [6, 6.07) is 17.0. The molecule has 0 saturated carbocycles. The van der Waals surface area contributed by atoms with Gasteiger partial charge in [0, 0.05) is 11.3 Å². The first-order chi connectivity index (χ1) is 15.8. The van der Waals surface area contributed by atoms with Crippen molar-refractivity contribution in [2.24, 2.45) is 0 Å². The fraction of sp³-hybridized carbons (Fsp3) is 0.185. The van der Waals surface area contributed by atoms with Gasteiger partial charge in [0.15, 0.2) is 0 Å². The number of ketones is 1. The van der Waals surface area contributed by atoms with Gasteiger partial charge in [-0.15, -0.1) is 0 Å². The second-order valence-electron chi connectivity index (χ2n) is 7.92. The Hall–Kier alpha value is -3.93. The highest BCUT2D eigenvalue weighted by Crippen LogP contribution is 2.43. The van der Waals surface area contributed by atoms with Crippen LogP contribution in [0.3, 0.4) is 0 Å². The summed E-state index contributed by atoms with van der Waals surface area (Å²) >= 11 is 0. The zero-order valence-corrected chi connectivity index (χ0v) is 18.6. The quantitative estimate of drug-likeness (QED) is 0.321. The van der Waals surface area contributed by atoms with Crippen LogP contribution in [0.4, 0.5) is 10.1 Å². The summed E-state index contributed by atoms with van der Waals surface area (Å²) in [7, 11) is 0. The average Bonchev–Trinajstić information content (AvgIpc) is 3.06. The number of anilines is 1. The highest BCUT2D eigenvalue weighted by Gasteiger charge is 2.47. The van der Waals surface area contributed by atoms with E-state index in [0.29, 0.717) is 29.2 Å². The van der Waals surface area contributed by atoms with E-state index in [1.165, 1.54) is 29.2 Å². The van der Waals surface area contributed by atoms with Crippen molar-refractivity contribution < 1.29 is 23.8 Å². The van der Waals surface area contributed by atoms with Crippen molar-refractivity contribution in [3.05, 3.63) is 100 Å². The van der Waals surface area contributed by atoms with Crippen LogP contribution >= 0.6 is 0 Å². The molecule has 1 aliphatic rings. The van der Waals surface area contributed by atoms with Gasteiger partial charge in [-0.3, -0.25) is 14.5 Å². The number of nitrogens with zero attached hydrogens (tertiary/aromatic N) is 1. The Morgan fingerprint density at radius 1 is 1.00 bits per heavy atom. The molecule has 1 heterocycles. The van der Waals surface area contributed by atoms with Gasteiger partial charge in [0.2, 0.25) is 0 Å². The molecule has 5 nitrogen and oxygen atoms in total. The molecule has 0 bridgehead atoms. The van der Waals surface area contributed by atoms with Crippen LogP contribution in [0, 0.1) is 19.7 Å². The van der Waals surface area contributed by atoms with Crippen molar-refractivity contribution >= 4 is 23.1 Å². The topological polar surface area (TPSA) is 66.8 Å². The van der Waals surface area contributed by atoms with Gasteiger partial charge in [-0.25, -0.2) is 4.39 Å². The van der Waals surface area contributed by atoms with E-state index >= 15 is 0 Å². The number of aliphatic hydroxyl groups is 1. The zero-order valence-electron chi connectivity index (χ0n) is 18.6. The predicted octanol–water partition coefficient (Wildman–Crippen LogP) is 5.47. The minimum absolute atomic E-state index is 0.0119. The molecule has 4 rings (SSSR count). The Morgan fingerprint density at radius 3 is 2.33 bits per heavy atom. The van der Waals surface area contributed by atoms with Crippen molar-refractivity contribution in [3.63, 3.8) is 0 Å². The Kier molecular flexibility index (Phi) is 6.01. The minimum atomic E-state index is -0.858. The first-order valence-corrected chi connectivity index (χ1v) is 10.7. The molecule has 168 valence electrons. The molecule has 1 atom stereocenters. The van der Waals surface area contributed by atoms with Crippen LogP contribution in [0.1, 0.15) is 35.2 Å². The fourth-order valence-electron chi connectivity index (χ4n) is 4.16. The first kappa shape index (κ1) is 22.3. The number of aliphatic hydroxyl groups excluding tert-OH is 1. The average molecular weight is 445 g/mol. The lowest BCUT2D eigenvalue weighted by Gasteiger charge is -2.26. The van der Waals surface area contributed by atoms with Crippen molar-refractivity contribution in [1.82, 2.24) is 0 Å². The Morgan fingerprint density at radius 2 is 1.70 bits per heavy atom. The van der Waals surface area contributed by atoms with Crippen LogP contribution < -0.4 is 9.64 Å². The van der Waals surface area contributed by atoms with E-state index in [9.17, 15) is 19.1 Å². The van der Waals surface area contributed by atoms with E-state index in [4.69, 9.17) is 4.74 Å². The molecule has 3 aromatic carbocycles. The van der Waals surface area contributed by atoms with Crippen LogP contribution in [0.5, 0.6) is 5.75 Å². The summed E-state index contributed by atoms with van der Waals surface area (Å²) in [6.07, 6.45) is 0. The van der Waals surface area contributed by atoms with Gasteiger partial charge in [-0.1, -0.05) is 24.3 Å². The van der Waals surface area contributed by atoms with E-state index in [1.807, 2.05) is 45.0 Å². The number of aryl methyl sites for hydroxylation is 2. The predicted molar refractivity (Wildman–Crippen MR) is 125 cm³/mol. The molecule has 1 amide bonds. The first-order valence-electron chi connectivity index (χ1n) is 10.7. The summed E-state index contributed by atoms with van der Waals surface area (Å²) in [5.74, 6) is -1.61. The third-order valence-electron chi connectivity index (χ3n) is 5.78. The highest BCUT2D eigenvalue weighted by molar-refractivity contribution is 6.51. The van der Waals surface area contributed by atoms with Crippen LogP contribution in [0.15, 0.2) is 72.3 Å². The maximum Gasteiger partial charge on any atom is 0.300 e. The molecule has 0 radical (unpaired) electrons. The van der Waals surface area contributed by atoms with Crippen LogP contribution in [-0.2, 0) is 9.59 Å². The fourth-order valence-corrected chi connectivity index (χ4v) is 4.16. The van der Waals surface area contributed by atoms with Crippen molar-refractivity contribution in [3.8, 4) is 5.75 Å². The van der Waals surface area contributed by atoms with Gasteiger partial charge in [-0.05, 0) is 79.9 Å². The molecule has 1 unspecified atom stereocenters. The molecule has 1 N–H and O–H groups in total. The lowest BCUT2D eigenvalue weighted by Crippen LogP contribution is -2.29. The minimum Gasteiger partial charge on any atom is -0.507 e. The number of carbonyl (C=O) groups excluding carboxylic acids is 2. The summed E-state index contributed by atoms with van der Waals surface area (Å²) in [5.41, 5.74) is 3.11. The molecule has 0 aromatic heterocycles. The molecule has 3 aromatic rings. The maximum atomic E-state index is 13.6. The largest absolute Gasteiger partial charge is 0.507 e. The van der Waals surface area contributed by atoms with Gasteiger partial charge in [0.1, 0.15) is 17.3 Å². The lowest BCUT2D eigenvalue weighted by molar-refractivity contribution is -0.132. The van der Waals surface area contributed by atoms with Crippen LogP contribution in [0.2, 0.25) is 0 Å². The Balaban J connectivity index is 1.93. The number of ether oxygens (including phenoxy) is 1. The van der Waals surface area contributed by atoms with Gasteiger partial charge in [0.05, 0.1) is 18.2 Å². The van der Waals surface area contributed by atoms with Crippen molar-refractivity contribution in [2.75, 3.05) is 11.5 Å². The van der Waals surface area contributed by atoms with Crippen LogP contribution in [0.25, 0.3) is 5.76 Å². The Labute approximate surface area is 191 Å². The maximum absolute atomic E-state index is 13.6. The van der Waals surface area contributed by atoms with E-state index in [0.717, 1.165) is 11.1 Å². The second kappa shape index (κ2) is 8.90. The SMILES string of the molecule is CCOc1ccc(/C(O)=C2\C(=O)C(=O)N(c3ccc(F)cc3)C2c2ccccc2C)cc1C. The highest BCUT2D eigenvalue weighted by atomic mass is 19.1. The molecular formula is C27H24FNO4. The molecule has 1 aliphatic heterocycles. The third kappa shape index (κ3) is 4.00. The van der Waals surface area contributed by atoms with E-state index < -0.39 is 23.5 Å². The third-order valence-corrected chi connectivity index (χ3v) is 5.78. The standard InChI is InChI=1S/C27H24FNO4/c1-4-33-22-14-9-18(15-17(22)3)25(30)23-24(21-8-6-5-7-16(21)2)29(27(32)26(23)31)20-12-10-19(28)11-13-20/h5-15,24,30H,4H2,1-3H3/b25-23+. The normalized spacial score (nSPS) is 17.5. The Bertz CT molecular complexity index is 1260. The molecule has 0 spiro atoms. The van der Waals surface area contributed by atoms with Crippen molar-refractivity contribution in [1.29, 1.82) is 0 Å². The number of hydrogen-bond acceptors (Lipinski definition) is 4. The number of rotatable bonds is 5. The number of Topliss-reactive ketones (excluding diaryl/α,β-unsaturated/α-hetero) is 1. The van der Waals surface area contributed by atoms with E-state index in [1.54, 1.807) is 18.2 Å². The summed E-state index contributed by atoms with van der Waals surface area (Å²) < 4.78 is 19.1. The van der Waals surface area contributed by atoms with Crippen LogP contribution in [-0.4, -0.2) is 23.4 Å². The smallest absolute Gasteiger partial charge is 0.300 e. The molecule has 33 heavy (non-hydrogen) atoms. The van der Waals surface area contributed by atoms with Gasteiger partial charge in [-0.2, -0.15) is 0 Å². The van der Waals surface area contributed by atoms with Gasteiger partial charge in [0.25, 0.3) is 11.7 Å². The number of halogens is 1. The monoisotopic (exact) mass is 445 g/mol. The molecule has 1 saturated heterocycles. The van der Waals surface area contributed by atoms with Crippen molar-refractivity contribution in [2.45, 2.75) is 26.8 Å². The van der Waals surface area contributed by atoms with Gasteiger partial charge >= 0.3 is 0 Å². The number of carbonyl (C=O) groups is 2. The van der Waals surface area contributed by atoms with E-state index in [2.05, 4.69) is 0 Å². The van der Waals surface area contributed by atoms with Gasteiger partial charge < -0.3 is 9.84 Å². The van der Waals surface area contributed by atoms with E-state index in [-0.39, 0.29) is 11.3 Å². The molecule has 1 fully saturated rings. The summed E-state index contributed by atoms with van der Waals surface area (Å²) in [4.78, 5) is 27.7. The lowest BCUT2D eigenvalue weighted by atomic mass is 9.92. The zero-order chi connectivity index (χ0) is 23.7. The molecule has 6 heteroatoms. The summed E-state index contributed by atoms with van der Waals surface area (Å²) in [5, 5.41) is 11.3. The molecule has 0 aliphatic carbocycles. The number of amides is 1. The second-order valence-corrected chi connectivity index (χ2v) is 7.92. The number of hydrogen-bond donors (Lipinski definition) is 1.